The number of amides is 2. The van der Waals surface area contributed by atoms with Gasteiger partial charge >= 0.3 is 0 Å². The zero-order chi connectivity index (χ0) is 19.6. The molecule has 1 fully saturated rings. The van der Waals surface area contributed by atoms with Crippen LogP contribution in [0.15, 0.2) is 48.5 Å². The molecule has 2 aromatic rings. The molecule has 0 aliphatic carbocycles. The van der Waals surface area contributed by atoms with Gasteiger partial charge in [-0.3, -0.25) is 9.59 Å². The Morgan fingerprint density at radius 3 is 2.59 bits per heavy atom. The van der Waals surface area contributed by atoms with E-state index in [2.05, 4.69) is 0 Å². The molecule has 0 saturated carbocycles. The first kappa shape index (κ1) is 19.7. The van der Waals surface area contributed by atoms with Gasteiger partial charge in [-0.15, -0.1) is 11.8 Å². The van der Waals surface area contributed by atoms with Crippen LogP contribution in [0.3, 0.4) is 0 Å². The number of thioether (sulfide) groups is 1. The average molecular weight is 407 g/mol. The maximum absolute atomic E-state index is 14.2. The molecule has 0 N–H and O–H groups in total. The maximum Gasteiger partial charge on any atom is 0.255 e. The van der Waals surface area contributed by atoms with Gasteiger partial charge in [0.1, 0.15) is 11.2 Å². The molecule has 2 unspecified atom stereocenters. The molecule has 27 heavy (non-hydrogen) atoms. The molecule has 2 amide bonds. The quantitative estimate of drug-likeness (QED) is 0.746. The van der Waals surface area contributed by atoms with Crippen molar-refractivity contribution in [2.24, 2.45) is 0 Å². The average Bonchev–Trinajstić information content (AvgIpc) is 2.94. The minimum atomic E-state index is -0.391. The molecule has 7 heteroatoms. The molecule has 1 saturated heterocycles. The molecule has 0 radical (unpaired) electrons. The summed E-state index contributed by atoms with van der Waals surface area (Å²) in [6.45, 7) is 2.47. The van der Waals surface area contributed by atoms with Crippen LogP contribution >= 0.6 is 23.4 Å². The first-order chi connectivity index (χ1) is 12.9. The van der Waals surface area contributed by atoms with Crippen LogP contribution < -0.4 is 0 Å². The number of hydrogen-bond acceptors (Lipinski definition) is 3. The minimum Gasteiger partial charge on any atom is -0.340 e. The van der Waals surface area contributed by atoms with E-state index >= 15 is 0 Å². The Balaban J connectivity index is 1.73. The van der Waals surface area contributed by atoms with Gasteiger partial charge in [-0.25, -0.2) is 4.39 Å². The van der Waals surface area contributed by atoms with Crippen LogP contribution in [0.2, 0.25) is 5.02 Å². The Morgan fingerprint density at radius 1 is 1.22 bits per heavy atom. The van der Waals surface area contributed by atoms with E-state index in [0.29, 0.717) is 29.2 Å². The van der Waals surface area contributed by atoms with Crippen molar-refractivity contribution < 1.29 is 14.0 Å². The fourth-order valence-electron chi connectivity index (χ4n) is 3.02. The smallest absolute Gasteiger partial charge is 0.255 e. The lowest BCUT2D eigenvalue weighted by molar-refractivity contribution is -0.130. The number of likely N-dealkylation sites (N-methyl/N-ethyl adjacent to an activating group) is 1. The largest absolute Gasteiger partial charge is 0.340 e. The molecule has 2 aromatic carbocycles. The van der Waals surface area contributed by atoms with Crippen molar-refractivity contribution in [2.45, 2.75) is 17.5 Å². The summed E-state index contributed by atoms with van der Waals surface area (Å²) in [5.74, 6) is -0.593. The fourth-order valence-corrected chi connectivity index (χ4v) is 4.57. The molecule has 2 atom stereocenters. The van der Waals surface area contributed by atoms with Gasteiger partial charge in [0.05, 0.1) is 15.8 Å². The lowest BCUT2D eigenvalue weighted by Crippen LogP contribution is -2.39. The number of benzene rings is 2. The second-order valence-electron chi connectivity index (χ2n) is 6.39. The van der Waals surface area contributed by atoms with E-state index in [1.54, 1.807) is 54.4 Å². The summed E-state index contributed by atoms with van der Waals surface area (Å²) >= 11 is 7.52. The number of hydrogen-bond donors (Lipinski definition) is 0. The van der Waals surface area contributed by atoms with Crippen molar-refractivity contribution >= 4 is 35.2 Å². The van der Waals surface area contributed by atoms with Crippen molar-refractivity contribution in [3.8, 4) is 0 Å². The summed E-state index contributed by atoms with van der Waals surface area (Å²) in [5.41, 5.74) is 0.906. The van der Waals surface area contributed by atoms with Crippen molar-refractivity contribution in [1.29, 1.82) is 0 Å². The lowest BCUT2D eigenvalue weighted by Gasteiger charge is -2.27. The second kappa shape index (κ2) is 8.31. The van der Waals surface area contributed by atoms with Crippen molar-refractivity contribution in [3.63, 3.8) is 0 Å². The highest BCUT2D eigenvalue weighted by Crippen LogP contribution is 2.43. The topological polar surface area (TPSA) is 40.6 Å². The van der Waals surface area contributed by atoms with Gasteiger partial charge in [0.2, 0.25) is 5.91 Å². The molecule has 1 aliphatic rings. The third-order valence-corrected chi connectivity index (χ3v) is 6.25. The molecule has 0 bridgehead atoms. The highest BCUT2D eigenvalue weighted by molar-refractivity contribution is 8.01. The predicted molar refractivity (Wildman–Crippen MR) is 106 cm³/mol. The van der Waals surface area contributed by atoms with Crippen molar-refractivity contribution in [3.05, 3.63) is 70.5 Å². The number of nitrogens with zero attached hydrogens (tertiary/aromatic N) is 2. The number of carbonyl (C=O) groups is 2. The zero-order valence-corrected chi connectivity index (χ0v) is 16.6. The summed E-state index contributed by atoms with van der Waals surface area (Å²) in [4.78, 5) is 28.3. The van der Waals surface area contributed by atoms with Crippen molar-refractivity contribution in [1.82, 2.24) is 9.80 Å². The number of halogens is 2. The highest BCUT2D eigenvalue weighted by atomic mass is 35.5. The van der Waals surface area contributed by atoms with Crippen LogP contribution in [-0.4, -0.2) is 47.0 Å². The first-order valence-electron chi connectivity index (χ1n) is 8.60. The van der Waals surface area contributed by atoms with Crippen LogP contribution in [0.5, 0.6) is 0 Å². The molecule has 4 nitrogen and oxygen atoms in total. The van der Waals surface area contributed by atoms with Crippen LogP contribution in [0.4, 0.5) is 4.39 Å². The highest BCUT2D eigenvalue weighted by Gasteiger charge is 2.39. The second-order valence-corrected chi connectivity index (χ2v) is 8.22. The van der Waals surface area contributed by atoms with Crippen LogP contribution in [0.1, 0.15) is 28.2 Å². The fraction of sp³-hybridized carbons (Fsp3) is 0.300. The van der Waals surface area contributed by atoms with E-state index < -0.39 is 5.37 Å². The molecule has 0 spiro atoms. The van der Waals surface area contributed by atoms with Crippen molar-refractivity contribution in [2.75, 3.05) is 20.1 Å². The molecular formula is C20H20ClFN2O2S. The molecule has 3 rings (SSSR count). The lowest BCUT2D eigenvalue weighted by atomic mass is 10.2. The molecule has 1 aliphatic heterocycles. The summed E-state index contributed by atoms with van der Waals surface area (Å²) in [7, 11) is 1.67. The molecule has 0 aromatic heterocycles. The zero-order valence-electron chi connectivity index (χ0n) is 15.1. The molecule has 142 valence electrons. The summed E-state index contributed by atoms with van der Waals surface area (Å²) in [5, 5.41) is -0.253. The van der Waals surface area contributed by atoms with Gasteiger partial charge in [-0.05, 0) is 25.1 Å². The Morgan fingerprint density at radius 2 is 1.89 bits per heavy atom. The van der Waals surface area contributed by atoms with E-state index in [4.69, 9.17) is 11.6 Å². The SMILES string of the molecule is CC1SC(c2ccccc2F)N(CCN(C)C(=O)c2ccccc2Cl)C1=O. The van der Waals surface area contributed by atoms with Gasteiger partial charge < -0.3 is 9.80 Å². The molecule has 1 heterocycles. The van der Waals surface area contributed by atoms with E-state index in [1.807, 2.05) is 6.92 Å². The summed E-state index contributed by atoms with van der Waals surface area (Å²) in [6, 6.07) is 13.3. The van der Waals surface area contributed by atoms with Gasteiger partial charge in [0, 0.05) is 25.7 Å². The minimum absolute atomic E-state index is 0.0492. The first-order valence-corrected chi connectivity index (χ1v) is 9.92. The Kier molecular flexibility index (Phi) is 6.07. The Hall–Kier alpha value is -2.05. The van der Waals surface area contributed by atoms with Crippen LogP contribution in [0, 0.1) is 5.82 Å². The van der Waals surface area contributed by atoms with E-state index in [9.17, 15) is 14.0 Å². The maximum atomic E-state index is 14.2. The number of carbonyl (C=O) groups excluding carboxylic acids is 2. The van der Waals surface area contributed by atoms with E-state index in [1.165, 1.54) is 22.7 Å². The van der Waals surface area contributed by atoms with Gasteiger partial charge in [-0.1, -0.05) is 41.9 Å². The Labute approximate surface area is 167 Å². The van der Waals surface area contributed by atoms with Gasteiger partial charge in [-0.2, -0.15) is 0 Å². The van der Waals surface area contributed by atoms with Gasteiger partial charge in [0.25, 0.3) is 5.91 Å². The van der Waals surface area contributed by atoms with Crippen LogP contribution in [-0.2, 0) is 4.79 Å². The third kappa shape index (κ3) is 4.12. The number of rotatable bonds is 5. The normalized spacial score (nSPS) is 19.4. The standard InChI is InChI=1S/C20H20ClFN2O2S/c1-13-18(25)24(20(27-13)15-8-4-6-10-17(15)22)12-11-23(2)19(26)14-7-3-5-9-16(14)21/h3-10,13,20H,11-12H2,1-2H3. The third-order valence-electron chi connectivity index (χ3n) is 4.55. The predicted octanol–water partition coefficient (Wildman–Crippen LogP) is 4.21. The summed E-state index contributed by atoms with van der Waals surface area (Å²) < 4.78 is 14.2. The summed E-state index contributed by atoms with van der Waals surface area (Å²) in [6.07, 6.45) is 0. The van der Waals surface area contributed by atoms with E-state index in [0.717, 1.165) is 0 Å². The van der Waals surface area contributed by atoms with Crippen LogP contribution in [0.25, 0.3) is 0 Å². The monoisotopic (exact) mass is 406 g/mol. The Bertz CT molecular complexity index is 863. The van der Waals surface area contributed by atoms with E-state index in [-0.39, 0.29) is 22.9 Å². The molecular weight excluding hydrogens is 387 g/mol. The van der Waals surface area contributed by atoms with Gasteiger partial charge in [0.15, 0.2) is 0 Å².